The van der Waals surface area contributed by atoms with E-state index in [0.717, 1.165) is 25.9 Å². The second kappa shape index (κ2) is 5.87. The second-order valence-electron chi connectivity index (χ2n) is 5.10. The standard InChI is InChI=1S/C15H19NO3/c1-11-6-8-16(9-7-11)15(18)13-4-3-5-14(10-13)19-12(2)17/h3-5,10-11H,6-9H2,1-2H3. The minimum atomic E-state index is -0.378. The first-order valence-corrected chi connectivity index (χ1v) is 6.64. The number of hydrogen-bond acceptors (Lipinski definition) is 3. The molecule has 0 bridgehead atoms. The normalized spacial score (nSPS) is 16.2. The first kappa shape index (κ1) is 13.6. The number of rotatable bonds is 2. The Morgan fingerprint density at radius 2 is 1.95 bits per heavy atom. The average molecular weight is 261 g/mol. The van der Waals surface area contributed by atoms with E-state index in [1.807, 2.05) is 4.90 Å². The zero-order valence-electron chi connectivity index (χ0n) is 11.4. The zero-order chi connectivity index (χ0) is 13.8. The highest BCUT2D eigenvalue weighted by Gasteiger charge is 2.21. The van der Waals surface area contributed by atoms with Gasteiger partial charge in [-0.25, -0.2) is 0 Å². The van der Waals surface area contributed by atoms with Gasteiger partial charge in [-0.15, -0.1) is 0 Å². The Bertz CT molecular complexity index is 476. The molecule has 0 aromatic heterocycles. The topological polar surface area (TPSA) is 46.6 Å². The van der Waals surface area contributed by atoms with Gasteiger partial charge in [0, 0.05) is 25.6 Å². The Morgan fingerprint density at radius 3 is 2.58 bits per heavy atom. The van der Waals surface area contributed by atoms with Crippen LogP contribution in [0.25, 0.3) is 0 Å². The van der Waals surface area contributed by atoms with Crippen LogP contribution in [0.1, 0.15) is 37.0 Å². The van der Waals surface area contributed by atoms with Crippen LogP contribution >= 0.6 is 0 Å². The van der Waals surface area contributed by atoms with Crippen LogP contribution in [0.2, 0.25) is 0 Å². The number of amides is 1. The fourth-order valence-electron chi connectivity index (χ4n) is 2.25. The maximum Gasteiger partial charge on any atom is 0.308 e. The molecule has 4 heteroatoms. The molecule has 4 nitrogen and oxygen atoms in total. The number of likely N-dealkylation sites (tertiary alicyclic amines) is 1. The predicted octanol–water partition coefficient (Wildman–Crippen LogP) is 2.48. The fraction of sp³-hybridized carbons (Fsp3) is 0.467. The number of hydrogen-bond donors (Lipinski definition) is 0. The van der Waals surface area contributed by atoms with E-state index in [2.05, 4.69) is 6.92 Å². The van der Waals surface area contributed by atoms with Crippen LogP contribution in [0.15, 0.2) is 24.3 Å². The van der Waals surface area contributed by atoms with Crippen molar-refractivity contribution in [3.05, 3.63) is 29.8 Å². The van der Waals surface area contributed by atoms with Crippen molar-refractivity contribution in [2.75, 3.05) is 13.1 Å². The lowest BCUT2D eigenvalue weighted by Gasteiger charge is -2.30. The van der Waals surface area contributed by atoms with Crippen LogP contribution in [0.3, 0.4) is 0 Å². The number of piperidine rings is 1. The molecule has 1 heterocycles. The van der Waals surface area contributed by atoms with E-state index in [9.17, 15) is 9.59 Å². The number of benzene rings is 1. The minimum absolute atomic E-state index is 0.0147. The maximum atomic E-state index is 12.3. The Labute approximate surface area is 113 Å². The predicted molar refractivity (Wildman–Crippen MR) is 72.1 cm³/mol. The summed E-state index contributed by atoms with van der Waals surface area (Å²) in [5, 5.41) is 0. The van der Waals surface area contributed by atoms with E-state index in [1.54, 1.807) is 24.3 Å². The van der Waals surface area contributed by atoms with E-state index < -0.39 is 0 Å². The number of carbonyl (C=O) groups excluding carboxylic acids is 2. The Hall–Kier alpha value is -1.84. The van der Waals surface area contributed by atoms with E-state index in [-0.39, 0.29) is 11.9 Å². The summed E-state index contributed by atoms with van der Waals surface area (Å²) in [5.74, 6) is 0.748. The van der Waals surface area contributed by atoms with Gasteiger partial charge in [0.1, 0.15) is 5.75 Å². The second-order valence-corrected chi connectivity index (χ2v) is 5.10. The molecule has 1 amide bonds. The highest BCUT2D eigenvalue weighted by molar-refractivity contribution is 5.94. The summed E-state index contributed by atoms with van der Waals surface area (Å²) in [6.45, 7) is 5.17. The van der Waals surface area contributed by atoms with Gasteiger partial charge in [0.05, 0.1) is 0 Å². The van der Waals surface area contributed by atoms with Crippen LogP contribution < -0.4 is 4.74 Å². The van der Waals surface area contributed by atoms with E-state index >= 15 is 0 Å². The Balaban J connectivity index is 2.08. The SMILES string of the molecule is CC(=O)Oc1cccc(C(=O)N2CCC(C)CC2)c1. The summed E-state index contributed by atoms with van der Waals surface area (Å²) in [7, 11) is 0. The highest BCUT2D eigenvalue weighted by atomic mass is 16.5. The molecular weight excluding hydrogens is 242 g/mol. The molecule has 1 aromatic rings. The lowest BCUT2D eigenvalue weighted by atomic mass is 9.98. The number of nitrogens with zero attached hydrogens (tertiary/aromatic N) is 1. The van der Waals surface area contributed by atoms with E-state index in [4.69, 9.17) is 4.74 Å². The summed E-state index contributed by atoms with van der Waals surface area (Å²) in [6, 6.07) is 6.80. The summed E-state index contributed by atoms with van der Waals surface area (Å²) in [4.78, 5) is 25.1. The molecule has 19 heavy (non-hydrogen) atoms. The van der Waals surface area contributed by atoms with E-state index in [0.29, 0.717) is 17.2 Å². The van der Waals surface area contributed by atoms with Gasteiger partial charge in [-0.05, 0) is 37.0 Å². The Morgan fingerprint density at radius 1 is 1.26 bits per heavy atom. The molecule has 0 spiro atoms. The van der Waals surface area contributed by atoms with Crippen molar-refractivity contribution in [2.45, 2.75) is 26.7 Å². The molecule has 0 N–H and O–H groups in total. The molecule has 0 radical (unpaired) electrons. The monoisotopic (exact) mass is 261 g/mol. The lowest BCUT2D eigenvalue weighted by molar-refractivity contribution is -0.131. The van der Waals surface area contributed by atoms with Crippen molar-refractivity contribution < 1.29 is 14.3 Å². The molecular formula is C15H19NO3. The zero-order valence-corrected chi connectivity index (χ0v) is 11.4. The third-order valence-electron chi connectivity index (χ3n) is 3.41. The van der Waals surface area contributed by atoms with Crippen LogP contribution in [0, 0.1) is 5.92 Å². The van der Waals surface area contributed by atoms with Crippen LogP contribution in [-0.2, 0) is 4.79 Å². The largest absolute Gasteiger partial charge is 0.427 e. The molecule has 0 saturated carbocycles. The van der Waals surface area contributed by atoms with Crippen molar-refractivity contribution in [2.24, 2.45) is 5.92 Å². The number of carbonyl (C=O) groups is 2. The lowest BCUT2D eigenvalue weighted by Crippen LogP contribution is -2.37. The number of esters is 1. The van der Waals surface area contributed by atoms with Crippen molar-refractivity contribution >= 4 is 11.9 Å². The molecule has 1 aliphatic heterocycles. The minimum Gasteiger partial charge on any atom is -0.427 e. The maximum absolute atomic E-state index is 12.3. The van der Waals surface area contributed by atoms with Gasteiger partial charge in [-0.2, -0.15) is 0 Å². The summed E-state index contributed by atoms with van der Waals surface area (Å²) in [5.41, 5.74) is 0.577. The fourth-order valence-corrected chi connectivity index (χ4v) is 2.25. The number of ether oxygens (including phenoxy) is 1. The van der Waals surface area contributed by atoms with Gasteiger partial charge in [0.25, 0.3) is 5.91 Å². The molecule has 0 aliphatic carbocycles. The van der Waals surface area contributed by atoms with Crippen molar-refractivity contribution in [3.8, 4) is 5.75 Å². The first-order chi connectivity index (χ1) is 9.06. The van der Waals surface area contributed by atoms with Crippen LogP contribution in [0.4, 0.5) is 0 Å². The third kappa shape index (κ3) is 3.56. The smallest absolute Gasteiger partial charge is 0.308 e. The Kier molecular flexibility index (Phi) is 4.20. The van der Waals surface area contributed by atoms with Gasteiger partial charge < -0.3 is 9.64 Å². The van der Waals surface area contributed by atoms with Gasteiger partial charge in [0.2, 0.25) is 0 Å². The third-order valence-corrected chi connectivity index (χ3v) is 3.41. The molecule has 1 saturated heterocycles. The molecule has 0 atom stereocenters. The highest BCUT2D eigenvalue weighted by Crippen LogP contribution is 2.20. The van der Waals surface area contributed by atoms with E-state index in [1.165, 1.54) is 6.92 Å². The molecule has 1 aromatic carbocycles. The van der Waals surface area contributed by atoms with Crippen molar-refractivity contribution in [1.29, 1.82) is 0 Å². The quantitative estimate of drug-likeness (QED) is 0.607. The van der Waals surface area contributed by atoms with Crippen LogP contribution in [0.5, 0.6) is 5.75 Å². The van der Waals surface area contributed by atoms with Crippen molar-refractivity contribution in [3.63, 3.8) is 0 Å². The van der Waals surface area contributed by atoms with Gasteiger partial charge in [-0.3, -0.25) is 9.59 Å². The van der Waals surface area contributed by atoms with Gasteiger partial charge in [0.15, 0.2) is 0 Å². The van der Waals surface area contributed by atoms with Gasteiger partial charge in [-0.1, -0.05) is 13.0 Å². The molecule has 1 fully saturated rings. The summed E-state index contributed by atoms with van der Waals surface area (Å²) in [6.07, 6.45) is 2.10. The van der Waals surface area contributed by atoms with Gasteiger partial charge >= 0.3 is 5.97 Å². The first-order valence-electron chi connectivity index (χ1n) is 6.64. The van der Waals surface area contributed by atoms with Crippen molar-refractivity contribution in [1.82, 2.24) is 4.90 Å². The molecule has 102 valence electrons. The molecule has 0 unspecified atom stereocenters. The summed E-state index contributed by atoms with van der Waals surface area (Å²) >= 11 is 0. The molecule has 1 aliphatic rings. The average Bonchev–Trinajstić information content (AvgIpc) is 2.38. The van der Waals surface area contributed by atoms with Crippen LogP contribution in [-0.4, -0.2) is 29.9 Å². The summed E-state index contributed by atoms with van der Waals surface area (Å²) < 4.78 is 5.00. The molecule has 2 rings (SSSR count).